The minimum atomic E-state index is -1.12. The minimum Gasteiger partial charge on any atom is -0.491 e. The number of hydrogen-bond donors (Lipinski definition) is 2. The van der Waals surface area contributed by atoms with Gasteiger partial charge in [0.15, 0.2) is 0 Å². The average Bonchev–Trinajstić information content (AvgIpc) is 2.46. The van der Waals surface area contributed by atoms with Crippen LogP contribution in [0.25, 0.3) is 0 Å². The fourth-order valence-electron chi connectivity index (χ4n) is 2.00. The van der Waals surface area contributed by atoms with Crippen molar-refractivity contribution >= 4 is 0 Å². The molecule has 1 unspecified atom stereocenters. The predicted molar refractivity (Wildman–Crippen MR) is 74.3 cm³/mol. The van der Waals surface area contributed by atoms with Gasteiger partial charge < -0.3 is 19.7 Å². The van der Waals surface area contributed by atoms with Crippen LogP contribution < -0.4 is 4.74 Å². The van der Waals surface area contributed by atoms with E-state index in [0.29, 0.717) is 37.4 Å². The van der Waals surface area contributed by atoms with Crippen LogP contribution >= 0.6 is 0 Å². The fraction of sp³-hybridized carbons (Fsp3) is 0.600. The Labute approximate surface area is 115 Å². The number of aliphatic hydroxyl groups is 2. The smallest absolute Gasteiger partial charge is 0.125 e. The Hall–Kier alpha value is -1.10. The highest BCUT2D eigenvalue weighted by Gasteiger charge is 2.34. The summed E-state index contributed by atoms with van der Waals surface area (Å²) in [5.41, 5.74) is -0.509. The van der Waals surface area contributed by atoms with Crippen molar-refractivity contribution in [2.24, 2.45) is 0 Å². The van der Waals surface area contributed by atoms with Crippen molar-refractivity contribution in [3.8, 4) is 5.75 Å². The third-order valence-corrected chi connectivity index (χ3v) is 3.49. The van der Waals surface area contributed by atoms with Gasteiger partial charge >= 0.3 is 0 Å². The van der Waals surface area contributed by atoms with Gasteiger partial charge in [0.1, 0.15) is 18.5 Å². The van der Waals surface area contributed by atoms with Crippen molar-refractivity contribution in [1.82, 2.24) is 0 Å². The number of para-hydroxylation sites is 1. The zero-order valence-electron chi connectivity index (χ0n) is 11.9. The van der Waals surface area contributed by atoms with Gasteiger partial charge in [-0.05, 0) is 18.9 Å². The molecule has 0 aliphatic rings. The van der Waals surface area contributed by atoms with Gasteiger partial charge in [0.25, 0.3) is 0 Å². The van der Waals surface area contributed by atoms with Crippen LogP contribution in [0.3, 0.4) is 0 Å². The van der Waals surface area contributed by atoms with Crippen molar-refractivity contribution < 1.29 is 19.7 Å². The first kappa shape index (κ1) is 16.0. The van der Waals surface area contributed by atoms with E-state index in [1.54, 1.807) is 19.2 Å². The molecule has 0 amide bonds. The number of ether oxygens (including phenoxy) is 2. The first-order valence-electron chi connectivity index (χ1n) is 6.70. The maximum atomic E-state index is 10.4. The van der Waals surface area contributed by atoms with Crippen LogP contribution in [-0.4, -0.2) is 36.1 Å². The molecule has 0 radical (unpaired) electrons. The SMILES string of the molecule is CCC(O)(CC)C(O)c1ccccc1OCCOC. The molecule has 4 heteroatoms. The molecule has 0 saturated heterocycles. The van der Waals surface area contributed by atoms with E-state index in [1.165, 1.54) is 0 Å². The van der Waals surface area contributed by atoms with E-state index in [0.717, 1.165) is 0 Å². The molecule has 0 saturated carbocycles. The van der Waals surface area contributed by atoms with Gasteiger partial charge in [-0.25, -0.2) is 0 Å². The summed E-state index contributed by atoms with van der Waals surface area (Å²) in [7, 11) is 1.61. The van der Waals surface area contributed by atoms with Gasteiger partial charge in [-0.15, -0.1) is 0 Å². The molecule has 4 nitrogen and oxygen atoms in total. The van der Waals surface area contributed by atoms with Crippen molar-refractivity contribution in [2.75, 3.05) is 20.3 Å². The lowest BCUT2D eigenvalue weighted by Gasteiger charge is -2.32. The number of rotatable bonds is 8. The summed E-state index contributed by atoms with van der Waals surface area (Å²) in [4.78, 5) is 0. The van der Waals surface area contributed by atoms with E-state index < -0.39 is 11.7 Å². The van der Waals surface area contributed by atoms with Gasteiger partial charge in [0.05, 0.1) is 12.2 Å². The molecule has 0 heterocycles. The molecule has 0 spiro atoms. The lowest BCUT2D eigenvalue weighted by Crippen LogP contribution is -2.35. The Morgan fingerprint density at radius 3 is 2.37 bits per heavy atom. The first-order chi connectivity index (χ1) is 9.09. The van der Waals surface area contributed by atoms with E-state index in [9.17, 15) is 10.2 Å². The number of benzene rings is 1. The Kier molecular flexibility index (Phi) is 6.28. The second-order valence-corrected chi connectivity index (χ2v) is 4.59. The van der Waals surface area contributed by atoms with Gasteiger partial charge in [-0.3, -0.25) is 0 Å². The standard InChI is InChI=1S/C15H24O4/c1-4-15(17,5-2)14(16)12-8-6-7-9-13(12)19-11-10-18-3/h6-9,14,16-17H,4-5,10-11H2,1-3H3. The first-order valence-corrected chi connectivity index (χ1v) is 6.70. The summed E-state index contributed by atoms with van der Waals surface area (Å²) in [5.74, 6) is 0.590. The molecule has 1 aromatic rings. The second-order valence-electron chi connectivity index (χ2n) is 4.59. The van der Waals surface area contributed by atoms with Crippen LogP contribution in [0, 0.1) is 0 Å². The highest BCUT2D eigenvalue weighted by Crippen LogP contribution is 2.36. The molecule has 1 rings (SSSR count). The van der Waals surface area contributed by atoms with E-state index in [4.69, 9.17) is 9.47 Å². The van der Waals surface area contributed by atoms with Crippen molar-refractivity contribution in [1.29, 1.82) is 0 Å². The normalized spacial score (nSPS) is 13.3. The van der Waals surface area contributed by atoms with Gasteiger partial charge in [-0.2, -0.15) is 0 Å². The van der Waals surface area contributed by atoms with Gasteiger partial charge in [-0.1, -0.05) is 32.0 Å². The monoisotopic (exact) mass is 268 g/mol. The average molecular weight is 268 g/mol. The summed E-state index contributed by atoms with van der Waals surface area (Å²) in [6, 6.07) is 7.24. The quantitative estimate of drug-likeness (QED) is 0.710. The van der Waals surface area contributed by atoms with E-state index in [-0.39, 0.29) is 0 Å². The maximum Gasteiger partial charge on any atom is 0.125 e. The van der Waals surface area contributed by atoms with Crippen molar-refractivity contribution in [2.45, 2.75) is 38.4 Å². The highest BCUT2D eigenvalue weighted by atomic mass is 16.5. The summed E-state index contributed by atoms with van der Waals surface area (Å²) >= 11 is 0. The molecule has 0 bridgehead atoms. The Morgan fingerprint density at radius 2 is 1.79 bits per heavy atom. The Balaban J connectivity index is 2.92. The number of aliphatic hydroxyl groups excluding tert-OH is 1. The zero-order chi connectivity index (χ0) is 14.3. The van der Waals surface area contributed by atoms with E-state index in [1.807, 2.05) is 26.0 Å². The maximum absolute atomic E-state index is 10.4. The highest BCUT2D eigenvalue weighted by molar-refractivity contribution is 5.36. The summed E-state index contributed by atoms with van der Waals surface area (Å²) in [6.07, 6.45) is 0.00923. The molecule has 0 aromatic heterocycles. The van der Waals surface area contributed by atoms with Crippen molar-refractivity contribution in [3.63, 3.8) is 0 Å². The molecule has 0 fully saturated rings. The van der Waals surface area contributed by atoms with Crippen molar-refractivity contribution in [3.05, 3.63) is 29.8 Å². The number of methoxy groups -OCH3 is 1. The van der Waals surface area contributed by atoms with Crippen LogP contribution in [-0.2, 0) is 4.74 Å². The van der Waals surface area contributed by atoms with Crippen LogP contribution in [0.15, 0.2) is 24.3 Å². The van der Waals surface area contributed by atoms with Gasteiger partial charge in [0.2, 0.25) is 0 Å². The third kappa shape index (κ3) is 3.93. The number of hydrogen-bond acceptors (Lipinski definition) is 4. The molecule has 108 valence electrons. The lowest BCUT2D eigenvalue weighted by atomic mass is 9.86. The predicted octanol–water partition coefficient (Wildman–Crippen LogP) is 2.30. The molecular formula is C15H24O4. The zero-order valence-corrected chi connectivity index (χ0v) is 11.9. The molecule has 19 heavy (non-hydrogen) atoms. The summed E-state index contributed by atoms with van der Waals surface area (Å²) in [6.45, 7) is 4.62. The van der Waals surface area contributed by atoms with Gasteiger partial charge in [0, 0.05) is 12.7 Å². The second kappa shape index (κ2) is 7.48. The molecule has 1 atom stereocenters. The van der Waals surface area contributed by atoms with Crippen LogP contribution in [0.5, 0.6) is 5.75 Å². The minimum absolute atomic E-state index is 0.414. The largest absolute Gasteiger partial charge is 0.491 e. The molecule has 0 aliphatic carbocycles. The molecule has 0 aliphatic heterocycles. The lowest BCUT2D eigenvalue weighted by molar-refractivity contribution is -0.0830. The molecule has 2 N–H and O–H groups in total. The van der Waals surface area contributed by atoms with E-state index in [2.05, 4.69) is 0 Å². The topological polar surface area (TPSA) is 58.9 Å². The molecular weight excluding hydrogens is 244 g/mol. The Morgan fingerprint density at radius 1 is 1.16 bits per heavy atom. The molecule has 1 aromatic carbocycles. The summed E-state index contributed by atoms with van der Waals surface area (Å²) < 4.78 is 10.5. The Bertz CT molecular complexity index is 374. The van der Waals surface area contributed by atoms with Crippen LogP contribution in [0.1, 0.15) is 38.4 Å². The van der Waals surface area contributed by atoms with Crippen LogP contribution in [0.2, 0.25) is 0 Å². The van der Waals surface area contributed by atoms with Crippen LogP contribution in [0.4, 0.5) is 0 Å². The fourth-order valence-corrected chi connectivity index (χ4v) is 2.00. The summed E-state index contributed by atoms with van der Waals surface area (Å²) in [5, 5.41) is 20.8. The van der Waals surface area contributed by atoms with E-state index >= 15 is 0 Å². The third-order valence-electron chi connectivity index (χ3n) is 3.49.